The van der Waals surface area contributed by atoms with Gasteiger partial charge in [0.25, 0.3) is 0 Å². The van der Waals surface area contributed by atoms with Crippen LogP contribution in [0, 0.1) is 0 Å². The topological polar surface area (TPSA) is 25.2 Å². The van der Waals surface area contributed by atoms with Crippen molar-refractivity contribution in [1.29, 1.82) is 0 Å². The maximum atomic E-state index is 5.67. The molecule has 2 heteroatoms. The van der Waals surface area contributed by atoms with Crippen LogP contribution in [0.3, 0.4) is 0 Å². The zero-order chi connectivity index (χ0) is 10.5. The van der Waals surface area contributed by atoms with E-state index < -0.39 is 0 Å². The van der Waals surface area contributed by atoms with Crippen molar-refractivity contribution in [3.05, 3.63) is 59.5 Å². The van der Waals surface area contributed by atoms with Crippen molar-refractivity contribution in [2.24, 2.45) is 0 Å². The van der Waals surface area contributed by atoms with E-state index in [1.54, 1.807) is 0 Å². The van der Waals surface area contributed by atoms with Gasteiger partial charge in [-0.15, -0.1) is 0 Å². The van der Waals surface area contributed by atoms with Crippen molar-refractivity contribution in [3.63, 3.8) is 0 Å². The van der Waals surface area contributed by atoms with Gasteiger partial charge in [-0.1, -0.05) is 30.3 Å². The smallest absolute Gasteiger partial charge is 0.117 e. The zero-order valence-electron chi connectivity index (χ0n) is 8.86. The Morgan fingerprint density at radius 1 is 1.00 bits per heavy atom. The van der Waals surface area contributed by atoms with Gasteiger partial charge >= 0.3 is 0 Å². The van der Waals surface area contributed by atoms with Crippen molar-refractivity contribution < 1.29 is 4.42 Å². The van der Waals surface area contributed by atoms with Gasteiger partial charge in [-0.05, 0) is 24.7 Å². The first-order chi connectivity index (χ1) is 7.38. The SMILES string of the molecule is CNCc1ccc(Cc2ccccc2)o1. The molecule has 0 saturated carbocycles. The molecule has 1 heterocycles. The van der Waals surface area contributed by atoms with E-state index in [-0.39, 0.29) is 0 Å². The maximum Gasteiger partial charge on any atom is 0.117 e. The lowest BCUT2D eigenvalue weighted by Crippen LogP contribution is -2.03. The highest BCUT2D eigenvalue weighted by Gasteiger charge is 2.01. The molecular formula is C13H15NO. The fourth-order valence-electron chi connectivity index (χ4n) is 1.58. The summed E-state index contributed by atoms with van der Waals surface area (Å²) in [5, 5.41) is 3.07. The van der Waals surface area contributed by atoms with Gasteiger partial charge in [-0.25, -0.2) is 0 Å². The van der Waals surface area contributed by atoms with Gasteiger partial charge in [-0.3, -0.25) is 0 Å². The van der Waals surface area contributed by atoms with Crippen LogP contribution < -0.4 is 5.32 Å². The second-order valence-electron chi connectivity index (χ2n) is 3.56. The first-order valence-corrected chi connectivity index (χ1v) is 5.14. The highest BCUT2D eigenvalue weighted by atomic mass is 16.3. The summed E-state index contributed by atoms with van der Waals surface area (Å²) in [6, 6.07) is 14.4. The van der Waals surface area contributed by atoms with Crippen LogP contribution in [0.2, 0.25) is 0 Å². The first-order valence-electron chi connectivity index (χ1n) is 5.14. The molecule has 0 aliphatic carbocycles. The normalized spacial score (nSPS) is 10.5. The lowest BCUT2D eigenvalue weighted by molar-refractivity contribution is 0.462. The van der Waals surface area contributed by atoms with E-state index in [1.165, 1.54) is 5.56 Å². The Labute approximate surface area is 89.9 Å². The maximum absolute atomic E-state index is 5.67. The van der Waals surface area contributed by atoms with Crippen molar-refractivity contribution in [2.45, 2.75) is 13.0 Å². The molecule has 0 radical (unpaired) electrons. The standard InChI is InChI=1S/C13H15NO/c1-14-10-13-8-7-12(15-13)9-11-5-3-2-4-6-11/h2-8,14H,9-10H2,1H3. The second-order valence-corrected chi connectivity index (χ2v) is 3.56. The van der Waals surface area contributed by atoms with Gasteiger partial charge in [0.1, 0.15) is 11.5 Å². The summed E-state index contributed by atoms with van der Waals surface area (Å²) in [5.74, 6) is 2.01. The number of hydrogen-bond acceptors (Lipinski definition) is 2. The van der Waals surface area contributed by atoms with Gasteiger partial charge in [0.2, 0.25) is 0 Å². The molecule has 1 aromatic carbocycles. The number of nitrogens with one attached hydrogen (secondary N) is 1. The van der Waals surface area contributed by atoms with Gasteiger partial charge in [-0.2, -0.15) is 0 Å². The fraction of sp³-hybridized carbons (Fsp3) is 0.231. The first kappa shape index (κ1) is 9.99. The summed E-state index contributed by atoms with van der Waals surface area (Å²) in [6.07, 6.45) is 0.866. The van der Waals surface area contributed by atoms with E-state index in [9.17, 15) is 0 Å². The summed E-state index contributed by atoms with van der Waals surface area (Å²) in [4.78, 5) is 0. The quantitative estimate of drug-likeness (QED) is 0.822. The van der Waals surface area contributed by atoms with Crippen molar-refractivity contribution in [1.82, 2.24) is 5.32 Å². The fourth-order valence-corrected chi connectivity index (χ4v) is 1.58. The minimum atomic E-state index is 0.786. The minimum Gasteiger partial charge on any atom is -0.464 e. The lowest BCUT2D eigenvalue weighted by atomic mass is 10.1. The summed E-state index contributed by atoms with van der Waals surface area (Å²) in [7, 11) is 1.92. The molecule has 15 heavy (non-hydrogen) atoms. The van der Waals surface area contributed by atoms with Gasteiger partial charge in [0, 0.05) is 6.42 Å². The van der Waals surface area contributed by atoms with E-state index in [2.05, 4.69) is 17.4 Å². The highest BCUT2D eigenvalue weighted by molar-refractivity contribution is 5.21. The minimum absolute atomic E-state index is 0.786. The summed E-state index contributed by atoms with van der Waals surface area (Å²) < 4.78 is 5.67. The molecule has 0 aliphatic rings. The van der Waals surface area contributed by atoms with Gasteiger partial charge in [0.15, 0.2) is 0 Å². The molecule has 0 atom stereocenters. The Kier molecular flexibility index (Phi) is 3.20. The number of hydrogen-bond donors (Lipinski definition) is 1. The Bertz CT molecular complexity index is 405. The number of benzene rings is 1. The van der Waals surface area contributed by atoms with Crippen LogP contribution >= 0.6 is 0 Å². The Morgan fingerprint density at radius 3 is 2.47 bits per heavy atom. The molecule has 1 N–H and O–H groups in total. The molecule has 0 bridgehead atoms. The van der Waals surface area contributed by atoms with Crippen LogP contribution in [-0.2, 0) is 13.0 Å². The Hall–Kier alpha value is -1.54. The van der Waals surface area contributed by atoms with E-state index in [4.69, 9.17) is 4.42 Å². The van der Waals surface area contributed by atoms with Crippen molar-refractivity contribution >= 4 is 0 Å². The van der Waals surface area contributed by atoms with Crippen LogP contribution in [0.5, 0.6) is 0 Å². The summed E-state index contributed by atoms with van der Waals surface area (Å²) in [5.41, 5.74) is 1.28. The molecule has 0 aliphatic heterocycles. The molecule has 2 aromatic rings. The van der Waals surface area contributed by atoms with Gasteiger partial charge < -0.3 is 9.73 Å². The monoisotopic (exact) mass is 201 g/mol. The highest BCUT2D eigenvalue weighted by Crippen LogP contribution is 2.12. The molecule has 0 amide bonds. The van der Waals surface area contributed by atoms with Crippen LogP contribution in [0.4, 0.5) is 0 Å². The van der Waals surface area contributed by atoms with E-state index in [1.807, 2.05) is 37.4 Å². The third-order valence-electron chi connectivity index (χ3n) is 2.29. The zero-order valence-corrected chi connectivity index (χ0v) is 8.86. The second kappa shape index (κ2) is 4.80. The van der Waals surface area contributed by atoms with Crippen LogP contribution in [-0.4, -0.2) is 7.05 Å². The third-order valence-corrected chi connectivity index (χ3v) is 2.29. The van der Waals surface area contributed by atoms with E-state index >= 15 is 0 Å². The van der Waals surface area contributed by atoms with Crippen molar-refractivity contribution in [2.75, 3.05) is 7.05 Å². The molecule has 0 fully saturated rings. The lowest BCUT2D eigenvalue weighted by Gasteiger charge is -1.97. The Balaban J connectivity index is 2.05. The number of rotatable bonds is 4. The number of furan rings is 1. The summed E-state index contributed by atoms with van der Waals surface area (Å²) in [6.45, 7) is 0.786. The molecule has 0 saturated heterocycles. The molecule has 2 rings (SSSR count). The molecule has 78 valence electrons. The van der Waals surface area contributed by atoms with E-state index in [0.29, 0.717) is 0 Å². The van der Waals surface area contributed by atoms with Crippen LogP contribution in [0.25, 0.3) is 0 Å². The predicted octanol–water partition coefficient (Wildman–Crippen LogP) is 2.59. The van der Waals surface area contributed by atoms with Crippen LogP contribution in [0.1, 0.15) is 17.1 Å². The summed E-state index contributed by atoms with van der Waals surface area (Å²) >= 11 is 0. The largest absolute Gasteiger partial charge is 0.464 e. The van der Waals surface area contributed by atoms with Crippen molar-refractivity contribution in [3.8, 4) is 0 Å². The van der Waals surface area contributed by atoms with Gasteiger partial charge in [0.05, 0.1) is 6.54 Å². The average molecular weight is 201 g/mol. The molecule has 1 aromatic heterocycles. The van der Waals surface area contributed by atoms with Crippen LogP contribution in [0.15, 0.2) is 46.9 Å². The molecular weight excluding hydrogens is 186 g/mol. The van der Waals surface area contributed by atoms with E-state index in [0.717, 1.165) is 24.5 Å². The molecule has 0 unspecified atom stereocenters. The Morgan fingerprint density at radius 2 is 1.73 bits per heavy atom. The molecule has 2 nitrogen and oxygen atoms in total. The molecule has 0 spiro atoms. The third kappa shape index (κ3) is 2.70. The predicted molar refractivity (Wildman–Crippen MR) is 60.7 cm³/mol. The average Bonchev–Trinajstić information content (AvgIpc) is 2.68.